The third-order valence-electron chi connectivity index (χ3n) is 6.49. The van der Waals surface area contributed by atoms with Gasteiger partial charge in [0.25, 0.3) is 0 Å². The van der Waals surface area contributed by atoms with E-state index in [1.165, 1.54) is 0 Å². The second-order valence-corrected chi connectivity index (χ2v) is 9.12. The number of nitrogens with one attached hydrogen (secondary N) is 1. The molecule has 2 N–H and O–H groups in total. The number of hydrogen-bond acceptors (Lipinski definition) is 8. The maximum absolute atomic E-state index is 12.4. The standard InChI is InChI=1S/C25H30N4O4/c1-7-25(6,31)18-13-27-22(32-8-2)17-12-26-20(11-16(17)18)28-19-10-9-15-21(29-19)14(3)24(4,5)33-23(15)30/h9-14,31H,7-8H2,1-6H3,(H,26,28,29)/t14-,25+/m1/s1. The number of ether oxygens (including phenoxy) is 2. The van der Waals surface area contributed by atoms with Gasteiger partial charge in [0.1, 0.15) is 17.2 Å². The van der Waals surface area contributed by atoms with Crippen LogP contribution in [0.4, 0.5) is 11.6 Å². The van der Waals surface area contributed by atoms with Gasteiger partial charge in [0.15, 0.2) is 0 Å². The lowest BCUT2D eigenvalue weighted by Gasteiger charge is -2.36. The van der Waals surface area contributed by atoms with Crippen molar-refractivity contribution < 1.29 is 19.4 Å². The Morgan fingerprint density at radius 3 is 2.64 bits per heavy atom. The first-order valence-corrected chi connectivity index (χ1v) is 11.2. The maximum Gasteiger partial charge on any atom is 0.340 e. The number of aromatic nitrogens is 3. The number of pyridine rings is 3. The highest BCUT2D eigenvalue weighted by atomic mass is 16.6. The summed E-state index contributed by atoms with van der Waals surface area (Å²) in [4.78, 5) is 26.0. The summed E-state index contributed by atoms with van der Waals surface area (Å²) in [7, 11) is 0. The lowest BCUT2D eigenvalue weighted by molar-refractivity contribution is -0.0189. The van der Waals surface area contributed by atoms with Crippen molar-refractivity contribution >= 4 is 28.4 Å². The fraction of sp³-hybridized carbons (Fsp3) is 0.440. The van der Waals surface area contributed by atoms with E-state index in [-0.39, 0.29) is 11.9 Å². The van der Waals surface area contributed by atoms with E-state index in [0.29, 0.717) is 47.4 Å². The summed E-state index contributed by atoms with van der Waals surface area (Å²) in [5, 5.41) is 15.7. The van der Waals surface area contributed by atoms with Gasteiger partial charge in [-0.05, 0) is 57.7 Å². The Kier molecular flexibility index (Phi) is 5.74. The van der Waals surface area contributed by atoms with Crippen molar-refractivity contribution in [3.8, 4) is 5.88 Å². The van der Waals surface area contributed by atoms with Crippen molar-refractivity contribution in [2.24, 2.45) is 0 Å². The van der Waals surface area contributed by atoms with Crippen LogP contribution >= 0.6 is 0 Å². The van der Waals surface area contributed by atoms with Crippen LogP contribution in [-0.4, -0.2) is 38.2 Å². The molecule has 0 radical (unpaired) electrons. The summed E-state index contributed by atoms with van der Waals surface area (Å²) < 4.78 is 11.2. The second-order valence-electron chi connectivity index (χ2n) is 9.12. The summed E-state index contributed by atoms with van der Waals surface area (Å²) in [6, 6.07) is 5.32. The van der Waals surface area contributed by atoms with Gasteiger partial charge >= 0.3 is 5.97 Å². The molecule has 174 valence electrons. The highest BCUT2D eigenvalue weighted by molar-refractivity contribution is 5.93. The van der Waals surface area contributed by atoms with Gasteiger partial charge in [-0.25, -0.2) is 19.7 Å². The quantitative estimate of drug-likeness (QED) is 0.514. The van der Waals surface area contributed by atoms with E-state index in [2.05, 4.69) is 15.3 Å². The van der Waals surface area contributed by atoms with E-state index in [9.17, 15) is 9.90 Å². The molecular formula is C25H30N4O4. The SMILES string of the molecule is CCOc1ncc([C@@](C)(O)CC)c2cc(Nc3ccc4c(n3)[C@@H](C)C(C)(C)OC4=O)ncc12. The summed E-state index contributed by atoms with van der Waals surface area (Å²) in [5.74, 6) is 1.17. The van der Waals surface area contributed by atoms with Crippen molar-refractivity contribution in [1.29, 1.82) is 0 Å². The normalized spacial score (nSPS) is 18.9. The number of carbonyl (C=O) groups excluding carboxylic acids is 1. The van der Waals surface area contributed by atoms with Crippen LogP contribution in [0.25, 0.3) is 10.8 Å². The van der Waals surface area contributed by atoms with Gasteiger partial charge in [0.2, 0.25) is 5.88 Å². The fourth-order valence-electron chi connectivity index (χ4n) is 3.94. The van der Waals surface area contributed by atoms with E-state index < -0.39 is 11.2 Å². The van der Waals surface area contributed by atoms with Gasteiger partial charge in [0.05, 0.1) is 28.9 Å². The Bertz CT molecular complexity index is 1220. The monoisotopic (exact) mass is 450 g/mol. The Morgan fingerprint density at radius 1 is 1.18 bits per heavy atom. The van der Waals surface area contributed by atoms with Crippen molar-refractivity contribution in [3.05, 3.63) is 47.4 Å². The number of cyclic esters (lactones) is 1. The van der Waals surface area contributed by atoms with E-state index in [0.717, 1.165) is 10.8 Å². The first-order chi connectivity index (χ1) is 15.6. The predicted molar refractivity (Wildman–Crippen MR) is 126 cm³/mol. The highest BCUT2D eigenvalue weighted by Crippen LogP contribution is 2.38. The molecule has 0 saturated carbocycles. The number of hydrogen-bond donors (Lipinski definition) is 2. The molecule has 0 fully saturated rings. The molecule has 0 saturated heterocycles. The molecule has 0 bridgehead atoms. The van der Waals surface area contributed by atoms with Crippen LogP contribution < -0.4 is 10.1 Å². The zero-order chi connectivity index (χ0) is 24.0. The minimum Gasteiger partial charge on any atom is -0.477 e. The zero-order valence-electron chi connectivity index (χ0n) is 19.9. The van der Waals surface area contributed by atoms with Crippen LogP contribution in [0, 0.1) is 0 Å². The molecule has 0 amide bonds. The third-order valence-corrected chi connectivity index (χ3v) is 6.49. The predicted octanol–water partition coefficient (Wildman–Crippen LogP) is 4.84. The molecular weight excluding hydrogens is 420 g/mol. The Balaban J connectivity index is 1.77. The molecule has 4 rings (SSSR count). The summed E-state index contributed by atoms with van der Waals surface area (Å²) >= 11 is 0. The molecule has 33 heavy (non-hydrogen) atoms. The van der Waals surface area contributed by atoms with Crippen molar-refractivity contribution in [2.75, 3.05) is 11.9 Å². The number of esters is 1. The summed E-state index contributed by atoms with van der Waals surface area (Å²) in [6.45, 7) is 11.8. The molecule has 2 atom stereocenters. The van der Waals surface area contributed by atoms with Crippen LogP contribution in [0.3, 0.4) is 0 Å². The van der Waals surface area contributed by atoms with Crippen LogP contribution in [0.1, 0.15) is 75.5 Å². The molecule has 1 aliphatic heterocycles. The number of aliphatic hydroxyl groups is 1. The molecule has 0 aliphatic carbocycles. The number of rotatable bonds is 6. The van der Waals surface area contributed by atoms with Gasteiger partial charge in [0, 0.05) is 23.9 Å². The minimum absolute atomic E-state index is 0.0670. The Hall–Kier alpha value is -3.26. The van der Waals surface area contributed by atoms with E-state index in [1.807, 2.05) is 40.7 Å². The molecule has 3 aromatic heterocycles. The fourth-order valence-corrected chi connectivity index (χ4v) is 3.94. The molecule has 4 heterocycles. The van der Waals surface area contributed by atoms with Crippen LogP contribution in [0.15, 0.2) is 30.6 Å². The number of nitrogens with zero attached hydrogens (tertiary/aromatic N) is 3. The maximum atomic E-state index is 12.4. The molecule has 1 aliphatic rings. The molecule has 8 heteroatoms. The number of fused-ring (bicyclic) bond motifs is 2. The first kappa shape index (κ1) is 22.9. The van der Waals surface area contributed by atoms with Crippen LogP contribution in [-0.2, 0) is 10.3 Å². The summed E-state index contributed by atoms with van der Waals surface area (Å²) in [5.41, 5.74) is 0.178. The van der Waals surface area contributed by atoms with Crippen molar-refractivity contribution in [2.45, 2.75) is 65.1 Å². The van der Waals surface area contributed by atoms with E-state index >= 15 is 0 Å². The molecule has 0 spiro atoms. The third kappa shape index (κ3) is 4.11. The Morgan fingerprint density at radius 2 is 1.94 bits per heavy atom. The number of carbonyl (C=O) groups is 1. The molecule has 0 aromatic carbocycles. The summed E-state index contributed by atoms with van der Waals surface area (Å²) in [6.07, 6.45) is 3.87. The van der Waals surface area contributed by atoms with Crippen LogP contribution in [0.2, 0.25) is 0 Å². The molecule has 0 unspecified atom stereocenters. The van der Waals surface area contributed by atoms with E-state index in [4.69, 9.17) is 14.5 Å². The average molecular weight is 451 g/mol. The van der Waals surface area contributed by atoms with Gasteiger partial charge < -0.3 is 19.9 Å². The largest absolute Gasteiger partial charge is 0.477 e. The lowest BCUT2D eigenvalue weighted by Crippen LogP contribution is -2.39. The second kappa shape index (κ2) is 8.26. The first-order valence-electron chi connectivity index (χ1n) is 11.2. The number of anilines is 2. The molecule has 8 nitrogen and oxygen atoms in total. The van der Waals surface area contributed by atoms with Crippen molar-refractivity contribution in [3.63, 3.8) is 0 Å². The van der Waals surface area contributed by atoms with Gasteiger partial charge in [-0.2, -0.15) is 0 Å². The van der Waals surface area contributed by atoms with Crippen LogP contribution in [0.5, 0.6) is 5.88 Å². The smallest absolute Gasteiger partial charge is 0.340 e. The minimum atomic E-state index is -1.06. The van der Waals surface area contributed by atoms with Gasteiger partial charge in [-0.15, -0.1) is 0 Å². The van der Waals surface area contributed by atoms with E-state index in [1.54, 1.807) is 31.5 Å². The zero-order valence-corrected chi connectivity index (χ0v) is 19.9. The van der Waals surface area contributed by atoms with Gasteiger partial charge in [-0.1, -0.05) is 13.8 Å². The topological polar surface area (TPSA) is 106 Å². The highest BCUT2D eigenvalue weighted by Gasteiger charge is 2.40. The van der Waals surface area contributed by atoms with Gasteiger partial charge in [-0.3, -0.25) is 0 Å². The molecule has 3 aromatic rings. The Labute approximate surface area is 193 Å². The lowest BCUT2D eigenvalue weighted by atomic mass is 9.84. The van der Waals surface area contributed by atoms with Crippen molar-refractivity contribution in [1.82, 2.24) is 15.0 Å². The average Bonchev–Trinajstić information content (AvgIpc) is 2.77.